The van der Waals surface area contributed by atoms with E-state index in [0.717, 1.165) is 52.0 Å². The van der Waals surface area contributed by atoms with Crippen molar-refractivity contribution in [2.24, 2.45) is 5.92 Å². The second kappa shape index (κ2) is 6.50. The lowest BCUT2D eigenvalue weighted by molar-refractivity contribution is -0.127. The molecule has 2 aliphatic heterocycles. The highest BCUT2D eigenvalue weighted by Gasteiger charge is 2.26. The Hall–Kier alpha value is -0.650. The smallest absolute Gasteiger partial charge is 0.222 e. The third kappa shape index (κ3) is 3.43. The maximum atomic E-state index is 11.5. The normalized spacial score (nSPS) is 24.8. The van der Waals surface area contributed by atoms with E-state index in [9.17, 15) is 9.90 Å². The van der Waals surface area contributed by atoms with Crippen LogP contribution >= 0.6 is 0 Å². The van der Waals surface area contributed by atoms with Crippen molar-refractivity contribution in [3.8, 4) is 0 Å². The van der Waals surface area contributed by atoms with E-state index >= 15 is 0 Å². The predicted octanol–water partition coefficient (Wildman–Crippen LogP) is -0.326. The first-order valence-electron chi connectivity index (χ1n) is 6.99. The summed E-state index contributed by atoms with van der Waals surface area (Å²) >= 11 is 0. The fourth-order valence-corrected chi connectivity index (χ4v) is 2.91. The van der Waals surface area contributed by atoms with Crippen molar-refractivity contribution in [3.05, 3.63) is 0 Å². The lowest BCUT2D eigenvalue weighted by atomic mass is 9.91. The van der Waals surface area contributed by atoms with Gasteiger partial charge in [0.25, 0.3) is 0 Å². The van der Waals surface area contributed by atoms with Crippen LogP contribution in [-0.2, 0) is 4.79 Å². The molecule has 5 heteroatoms. The van der Waals surface area contributed by atoms with Crippen LogP contribution in [0.4, 0.5) is 0 Å². The molecule has 2 N–H and O–H groups in total. The highest BCUT2D eigenvalue weighted by atomic mass is 16.3. The molecule has 0 aromatic heterocycles. The van der Waals surface area contributed by atoms with Crippen LogP contribution in [0, 0.1) is 5.92 Å². The van der Waals surface area contributed by atoms with Crippen LogP contribution in [0.2, 0.25) is 0 Å². The molecule has 0 saturated carbocycles. The first-order chi connectivity index (χ1) is 8.70. The van der Waals surface area contributed by atoms with E-state index in [4.69, 9.17) is 5.11 Å². The Morgan fingerprint density at radius 3 is 2.50 bits per heavy atom. The van der Waals surface area contributed by atoms with Gasteiger partial charge in [0.2, 0.25) is 5.91 Å². The summed E-state index contributed by atoms with van der Waals surface area (Å²) in [6, 6.07) is 0. The third-order valence-corrected chi connectivity index (χ3v) is 4.22. The zero-order chi connectivity index (χ0) is 13.0. The second-order valence-corrected chi connectivity index (χ2v) is 5.41. The van der Waals surface area contributed by atoms with Crippen molar-refractivity contribution in [1.29, 1.82) is 0 Å². The van der Waals surface area contributed by atoms with Gasteiger partial charge in [-0.25, -0.2) is 0 Å². The van der Waals surface area contributed by atoms with Crippen molar-refractivity contribution in [3.63, 3.8) is 0 Å². The fourth-order valence-electron chi connectivity index (χ4n) is 2.91. The number of carbonyl (C=O) groups is 1. The van der Waals surface area contributed by atoms with Crippen molar-refractivity contribution < 1.29 is 15.0 Å². The number of amides is 1. The number of hydrogen-bond acceptors (Lipinski definition) is 4. The Labute approximate surface area is 108 Å². The molecule has 2 fully saturated rings. The molecule has 2 rings (SSSR count). The number of hydrogen-bond donors (Lipinski definition) is 2. The van der Waals surface area contributed by atoms with Crippen LogP contribution in [0.3, 0.4) is 0 Å². The first-order valence-corrected chi connectivity index (χ1v) is 6.99. The van der Waals surface area contributed by atoms with E-state index in [0.29, 0.717) is 12.3 Å². The van der Waals surface area contributed by atoms with Crippen molar-refractivity contribution in [2.75, 3.05) is 39.3 Å². The average Bonchev–Trinajstić information content (AvgIpc) is 2.81. The van der Waals surface area contributed by atoms with Gasteiger partial charge in [-0.15, -0.1) is 0 Å². The van der Waals surface area contributed by atoms with Gasteiger partial charge < -0.3 is 20.0 Å². The Bertz CT molecular complexity index is 277. The van der Waals surface area contributed by atoms with Gasteiger partial charge in [-0.1, -0.05) is 0 Å². The number of rotatable bonds is 5. The molecular formula is C13H24N2O3. The summed E-state index contributed by atoms with van der Waals surface area (Å²) in [5.41, 5.74) is 0. The Morgan fingerprint density at radius 1 is 1.22 bits per heavy atom. The molecule has 0 aromatic carbocycles. The molecule has 18 heavy (non-hydrogen) atoms. The Morgan fingerprint density at radius 2 is 1.94 bits per heavy atom. The molecule has 0 aliphatic carbocycles. The van der Waals surface area contributed by atoms with E-state index in [-0.39, 0.29) is 12.5 Å². The summed E-state index contributed by atoms with van der Waals surface area (Å²) in [5.74, 6) is 0.528. The summed E-state index contributed by atoms with van der Waals surface area (Å²) in [5, 5.41) is 18.5. The predicted molar refractivity (Wildman–Crippen MR) is 68.1 cm³/mol. The molecule has 0 bridgehead atoms. The number of likely N-dealkylation sites (tertiary alicyclic amines) is 2. The maximum Gasteiger partial charge on any atom is 0.222 e. The highest BCUT2D eigenvalue weighted by molar-refractivity contribution is 5.78. The van der Waals surface area contributed by atoms with Gasteiger partial charge in [-0.2, -0.15) is 0 Å². The summed E-state index contributed by atoms with van der Waals surface area (Å²) in [7, 11) is 0. The fraction of sp³-hybridized carbons (Fsp3) is 0.923. The summed E-state index contributed by atoms with van der Waals surface area (Å²) in [6.45, 7) is 4.48. The van der Waals surface area contributed by atoms with Gasteiger partial charge >= 0.3 is 0 Å². The third-order valence-electron chi connectivity index (χ3n) is 4.22. The maximum absolute atomic E-state index is 11.5. The summed E-state index contributed by atoms with van der Waals surface area (Å²) in [6.07, 6.45) is 3.03. The monoisotopic (exact) mass is 256 g/mol. The standard InChI is InChI=1S/C13H24N2O3/c16-10-12(17)11-3-6-14(7-4-11)8-9-15-5-1-2-13(15)18/h11-12,16-17H,1-10H2. The Kier molecular flexibility index (Phi) is 4.97. The second-order valence-electron chi connectivity index (χ2n) is 5.41. The van der Waals surface area contributed by atoms with E-state index < -0.39 is 6.10 Å². The van der Waals surface area contributed by atoms with Gasteiger partial charge in [-0.3, -0.25) is 4.79 Å². The van der Waals surface area contributed by atoms with Crippen LogP contribution in [-0.4, -0.2) is 71.4 Å². The molecule has 0 spiro atoms. The van der Waals surface area contributed by atoms with E-state index in [1.54, 1.807) is 0 Å². The topological polar surface area (TPSA) is 64.0 Å². The van der Waals surface area contributed by atoms with Gasteiger partial charge in [0.05, 0.1) is 12.7 Å². The first kappa shape index (κ1) is 13.8. The lowest BCUT2D eigenvalue weighted by Crippen LogP contribution is -2.42. The van der Waals surface area contributed by atoms with Crippen LogP contribution in [0.15, 0.2) is 0 Å². The molecule has 2 heterocycles. The largest absolute Gasteiger partial charge is 0.394 e. The quantitative estimate of drug-likeness (QED) is 0.707. The molecule has 5 nitrogen and oxygen atoms in total. The van der Waals surface area contributed by atoms with Crippen LogP contribution in [0.25, 0.3) is 0 Å². The molecule has 0 radical (unpaired) electrons. The minimum absolute atomic E-state index is 0.132. The molecule has 1 amide bonds. The van der Waals surface area contributed by atoms with Gasteiger partial charge in [0.1, 0.15) is 0 Å². The van der Waals surface area contributed by atoms with Gasteiger partial charge in [0.15, 0.2) is 0 Å². The molecule has 2 aliphatic rings. The van der Waals surface area contributed by atoms with Crippen LogP contribution in [0.1, 0.15) is 25.7 Å². The molecule has 104 valence electrons. The van der Waals surface area contributed by atoms with E-state index in [2.05, 4.69) is 4.90 Å². The molecule has 0 aromatic rings. The van der Waals surface area contributed by atoms with Crippen molar-refractivity contribution >= 4 is 5.91 Å². The van der Waals surface area contributed by atoms with Crippen molar-refractivity contribution in [2.45, 2.75) is 31.8 Å². The average molecular weight is 256 g/mol. The van der Waals surface area contributed by atoms with Crippen molar-refractivity contribution in [1.82, 2.24) is 9.80 Å². The van der Waals surface area contributed by atoms with E-state index in [1.165, 1.54) is 0 Å². The van der Waals surface area contributed by atoms with Crippen LogP contribution in [0.5, 0.6) is 0 Å². The minimum atomic E-state index is -0.563. The van der Waals surface area contributed by atoms with Gasteiger partial charge in [0, 0.05) is 26.1 Å². The molecule has 1 atom stereocenters. The number of aliphatic hydroxyl groups is 2. The number of nitrogens with zero attached hydrogens (tertiary/aromatic N) is 2. The zero-order valence-corrected chi connectivity index (χ0v) is 10.9. The highest BCUT2D eigenvalue weighted by Crippen LogP contribution is 2.20. The summed E-state index contributed by atoms with van der Waals surface area (Å²) < 4.78 is 0. The number of piperidine rings is 1. The van der Waals surface area contributed by atoms with E-state index in [1.807, 2.05) is 4.90 Å². The molecule has 1 unspecified atom stereocenters. The molecule has 2 saturated heterocycles. The lowest BCUT2D eigenvalue weighted by Gasteiger charge is -2.34. The minimum Gasteiger partial charge on any atom is -0.394 e. The van der Waals surface area contributed by atoms with Gasteiger partial charge in [-0.05, 0) is 38.3 Å². The number of aliphatic hydroxyl groups excluding tert-OH is 2. The molecular weight excluding hydrogens is 232 g/mol. The summed E-state index contributed by atoms with van der Waals surface area (Å²) in [4.78, 5) is 15.8. The number of carbonyl (C=O) groups excluding carboxylic acids is 1. The zero-order valence-electron chi connectivity index (χ0n) is 10.9. The SMILES string of the molecule is O=C1CCCN1CCN1CCC(C(O)CO)CC1. The Balaban J connectivity index is 1.66. The van der Waals surface area contributed by atoms with Crippen LogP contribution < -0.4 is 0 Å².